The molecule has 1 unspecified atom stereocenters. The van der Waals surface area contributed by atoms with Crippen molar-refractivity contribution in [2.45, 2.75) is 12.6 Å². The predicted octanol–water partition coefficient (Wildman–Crippen LogP) is 2.78. The van der Waals surface area contributed by atoms with Crippen LogP contribution in [0.15, 0.2) is 35.7 Å². The summed E-state index contributed by atoms with van der Waals surface area (Å²) in [5.41, 5.74) is 1.03. The van der Waals surface area contributed by atoms with Crippen LogP contribution in [0.1, 0.15) is 16.7 Å². The van der Waals surface area contributed by atoms with Crippen LogP contribution in [0.4, 0.5) is 5.82 Å². The molecule has 112 valence electrons. The number of nitrogens with zero attached hydrogens (tertiary/aromatic N) is 3. The molecule has 0 bridgehead atoms. The lowest BCUT2D eigenvalue weighted by atomic mass is 10.2. The highest BCUT2D eigenvalue weighted by atomic mass is 32.1. The molecule has 0 radical (unpaired) electrons. The number of aromatic nitrogens is 1. The lowest BCUT2D eigenvalue weighted by molar-refractivity contribution is -0.0346. The molecule has 0 aromatic carbocycles. The van der Waals surface area contributed by atoms with Crippen molar-refractivity contribution in [1.29, 1.82) is 0 Å². The van der Waals surface area contributed by atoms with E-state index in [1.165, 1.54) is 4.88 Å². The minimum absolute atomic E-state index is 0.0682. The molecule has 0 aliphatic carbocycles. The van der Waals surface area contributed by atoms with Crippen molar-refractivity contribution in [1.82, 2.24) is 9.88 Å². The first kappa shape index (κ1) is 14.5. The van der Waals surface area contributed by atoms with Gasteiger partial charge in [-0.1, -0.05) is 12.1 Å². The van der Waals surface area contributed by atoms with Gasteiger partial charge >= 0.3 is 0 Å². The van der Waals surface area contributed by atoms with Gasteiger partial charge in [0.15, 0.2) is 0 Å². The smallest absolute Gasteiger partial charge is 0.128 e. The van der Waals surface area contributed by atoms with Gasteiger partial charge in [-0.05, 0) is 23.6 Å². The summed E-state index contributed by atoms with van der Waals surface area (Å²) >= 11 is 1.82. The van der Waals surface area contributed by atoms with Crippen molar-refractivity contribution in [3.8, 4) is 0 Å². The third-order valence-corrected chi connectivity index (χ3v) is 4.52. The summed E-state index contributed by atoms with van der Waals surface area (Å²) in [6.45, 7) is 3.67. The maximum absolute atomic E-state index is 5.93. The average molecular weight is 303 g/mol. The van der Waals surface area contributed by atoms with Crippen LogP contribution in [0.5, 0.6) is 0 Å². The first-order valence-corrected chi connectivity index (χ1v) is 8.11. The average Bonchev–Trinajstić information content (AvgIpc) is 3.00. The summed E-state index contributed by atoms with van der Waals surface area (Å²) in [6, 6.07) is 10.4. The molecule has 1 saturated heterocycles. The minimum Gasteiger partial charge on any atom is -0.369 e. The monoisotopic (exact) mass is 303 g/mol. The molecule has 2 aromatic rings. The van der Waals surface area contributed by atoms with Crippen molar-refractivity contribution >= 4 is 17.2 Å². The van der Waals surface area contributed by atoms with E-state index in [-0.39, 0.29) is 6.10 Å². The maximum Gasteiger partial charge on any atom is 0.128 e. The Morgan fingerprint density at radius 3 is 3.00 bits per heavy atom. The van der Waals surface area contributed by atoms with Crippen LogP contribution in [0, 0.1) is 0 Å². The van der Waals surface area contributed by atoms with E-state index in [0.29, 0.717) is 0 Å². The molecular weight excluding hydrogens is 282 g/mol. The van der Waals surface area contributed by atoms with Crippen LogP contribution in [0.2, 0.25) is 0 Å². The highest BCUT2D eigenvalue weighted by Gasteiger charge is 2.23. The van der Waals surface area contributed by atoms with Gasteiger partial charge in [0.25, 0.3) is 0 Å². The molecule has 1 aliphatic rings. The number of pyridine rings is 1. The topological polar surface area (TPSA) is 28.6 Å². The van der Waals surface area contributed by atoms with E-state index in [2.05, 4.69) is 34.5 Å². The molecule has 1 aliphatic heterocycles. The minimum atomic E-state index is 0.0682. The Hall–Kier alpha value is -1.43. The largest absolute Gasteiger partial charge is 0.369 e. The van der Waals surface area contributed by atoms with Crippen LogP contribution in [-0.2, 0) is 11.3 Å². The summed E-state index contributed by atoms with van der Waals surface area (Å²) in [4.78, 5) is 10.6. The van der Waals surface area contributed by atoms with E-state index in [4.69, 9.17) is 9.72 Å². The van der Waals surface area contributed by atoms with Crippen LogP contribution >= 0.6 is 11.3 Å². The van der Waals surface area contributed by atoms with Gasteiger partial charge in [-0.2, -0.15) is 0 Å². The third kappa shape index (κ3) is 3.61. The van der Waals surface area contributed by atoms with E-state index in [0.717, 1.165) is 37.8 Å². The predicted molar refractivity (Wildman–Crippen MR) is 86.9 cm³/mol. The van der Waals surface area contributed by atoms with E-state index >= 15 is 0 Å². The van der Waals surface area contributed by atoms with Crippen molar-refractivity contribution in [2.75, 3.05) is 38.7 Å². The molecule has 0 saturated carbocycles. The van der Waals surface area contributed by atoms with Crippen LogP contribution in [-0.4, -0.2) is 43.7 Å². The molecule has 1 fully saturated rings. The summed E-state index contributed by atoms with van der Waals surface area (Å²) in [5, 5.41) is 2.13. The fourth-order valence-electron chi connectivity index (χ4n) is 2.52. The Kier molecular flexibility index (Phi) is 4.53. The first-order chi connectivity index (χ1) is 10.2. The summed E-state index contributed by atoms with van der Waals surface area (Å²) in [5.74, 6) is 0.978. The normalized spacial score (nSPS) is 19.6. The molecule has 0 spiro atoms. The van der Waals surface area contributed by atoms with Crippen LogP contribution in [0.25, 0.3) is 0 Å². The molecule has 5 heteroatoms. The van der Waals surface area contributed by atoms with Crippen molar-refractivity contribution in [3.63, 3.8) is 0 Å². The van der Waals surface area contributed by atoms with Crippen LogP contribution < -0.4 is 4.90 Å². The van der Waals surface area contributed by atoms with E-state index in [9.17, 15) is 0 Å². The van der Waals surface area contributed by atoms with Gasteiger partial charge in [-0.25, -0.2) is 4.98 Å². The second-order valence-corrected chi connectivity index (χ2v) is 6.52. The fraction of sp³-hybridized carbons (Fsp3) is 0.438. The molecular formula is C16H21N3OS. The zero-order valence-corrected chi connectivity index (χ0v) is 13.3. The molecule has 4 nitrogen and oxygen atoms in total. The molecule has 0 N–H and O–H groups in total. The highest BCUT2D eigenvalue weighted by molar-refractivity contribution is 7.09. The highest BCUT2D eigenvalue weighted by Crippen LogP contribution is 2.24. The number of morpholine rings is 1. The second-order valence-electron chi connectivity index (χ2n) is 5.49. The Labute approximate surface area is 130 Å². The lowest BCUT2D eigenvalue weighted by Crippen LogP contribution is -2.38. The van der Waals surface area contributed by atoms with Crippen molar-refractivity contribution in [3.05, 3.63) is 46.3 Å². The maximum atomic E-state index is 5.93. The fourth-order valence-corrected chi connectivity index (χ4v) is 3.26. The van der Waals surface area contributed by atoms with Gasteiger partial charge in [0, 0.05) is 38.6 Å². The van der Waals surface area contributed by atoms with Gasteiger partial charge < -0.3 is 9.64 Å². The summed E-state index contributed by atoms with van der Waals surface area (Å²) < 4.78 is 5.93. The van der Waals surface area contributed by atoms with Gasteiger partial charge in [0.05, 0.1) is 12.3 Å². The standard InChI is InChI=1S/C16H21N3OS/c1-18(2)16-7-3-6-14(17-16)15-12-19(8-9-20-15)11-13-5-4-10-21-13/h3-7,10,15H,8-9,11-12H2,1-2H3. The molecule has 3 rings (SSSR count). The third-order valence-electron chi connectivity index (χ3n) is 3.65. The van der Waals surface area contributed by atoms with Crippen LogP contribution in [0.3, 0.4) is 0 Å². The second kappa shape index (κ2) is 6.56. The van der Waals surface area contributed by atoms with Gasteiger partial charge in [0.2, 0.25) is 0 Å². The van der Waals surface area contributed by atoms with E-state index in [1.807, 2.05) is 36.4 Å². The molecule has 21 heavy (non-hydrogen) atoms. The zero-order chi connectivity index (χ0) is 14.7. The summed E-state index contributed by atoms with van der Waals surface area (Å²) in [7, 11) is 4.02. The zero-order valence-electron chi connectivity index (χ0n) is 12.5. The first-order valence-electron chi connectivity index (χ1n) is 7.23. The molecule has 2 aromatic heterocycles. The quantitative estimate of drug-likeness (QED) is 0.868. The SMILES string of the molecule is CN(C)c1cccc(C2CN(Cc3cccs3)CCO2)n1. The summed E-state index contributed by atoms with van der Waals surface area (Å²) in [6.07, 6.45) is 0.0682. The van der Waals surface area contributed by atoms with Gasteiger partial charge in [-0.15, -0.1) is 11.3 Å². The number of ether oxygens (including phenoxy) is 1. The van der Waals surface area contributed by atoms with E-state index < -0.39 is 0 Å². The Morgan fingerprint density at radius 2 is 2.24 bits per heavy atom. The molecule has 3 heterocycles. The number of hydrogen-bond acceptors (Lipinski definition) is 5. The number of anilines is 1. The number of hydrogen-bond donors (Lipinski definition) is 0. The van der Waals surface area contributed by atoms with Gasteiger partial charge in [0.1, 0.15) is 11.9 Å². The molecule has 0 amide bonds. The number of thiophene rings is 1. The Morgan fingerprint density at radius 1 is 1.33 bits per heavy atom. The molecule has 1 atom stereocenters. The van der Waals surface area contributed by atoms with Gasteiger partial charge in [-0.3, -0.25) is 4.90 Å². The van der Waals surface area contributed by atoms with Crippen molar-refractivity contribution < 1.29 is 4.74 Å². The van der Waals surface area contributed by atoms with E-state index in [1.54, 1.807) is 0 Å². The lowest BCUT2D eigenvalue weighted by Gasteiger charge is -2.32. The Bertz CT molecular complexity index is 571. The Balaban J connectivity index is 1.69. The van der Waals surface area contributed by atoms with Crippen molar-refractivity contribution in [2.24, 2.45) is 0 Å². The number of rotatable bonds is 4.